The molecule has 0 aliphatic carbocycles. The molecule has 0 atom stereocenters. The lowest BCUT2D eigenvalue weighted by molar-refractivity contribution is 0.318. The topological polar surface area (TPSA) is 71.5 Å². The van der Waals surface area contributed by atoms with E-state index < -0.39 is 0 Å². The summed E-state index contributed by atoms with van der Waals surface area (Å²) in [4.78, 5) is 5.04. The van der Waals surface area contributed by atoms with E-state index in [1.54, 1.807) is 30.1 Å². The summed E-state index contributed by atoms with van der Waals surface area (Å²) in [5, 5.41) is 12.6. The van der Waals surface area contributed by atoms with E-state index in [9.17, 15) is 0 Å². The Labute approximate surface area is 130 Å². The molecule has 20 heavy (non-hydrogen) atoms. The van der Waals surface area contributed by atoms with E-state index in [2.05, 4.69) is 10.1 Å². The lowest BCUT2D eigenvalue weighted by atomic mass is 10.2. The van der Waals surface area contributed by atoms with Gasteiger partial charge in [0.25, 0.3) is 0 Å². The molecule has 4 nitrogen and oxygen atoms in total. The van der Waals surface area contributed by atoms with Crippen LogP contribution in [-0.4, -0.2) is 16.0 Å². The lowest BCUT2D eigenvalue weighted by Gasteiger charge is -2.05. The Hall–Kier alpha value is -1.43. The van der Waals surface area contributed by atoms with Gasteiger partial charge >= 0.3 is 0 Å². The Kier molecular flexibility index (Phi) is 5.11. The maximum atomic E-state index is 8.63. The molecule has 104 valence electrons. The molecule has 1 aromatic heterocycles. The van der Waals surface area contributed by atoms with Crippen LogP contribution in [0.1, 0.15) is 11.3 Å². The minimum absolute atomic E-state index is 0.00797. The summed E-state index contributed by atoms with van der Waals surface area (Å²) < 4.78 is 0. The molecule has 1 heterocycles. The van der Waals surface area contributed by atoms with Gasteiger partial charge in [-0.15, -0.1) is 11.8 Å². The first-order valence-electron chi connectivity index (χ1n) is 5.61. The summed E-state index contributed by atoms with van der Waals surface area (Å²) in [6.07, 6.45) is 1.62. The van der Waals surface area contributed by atoms with Crippen LogP contribution >= 0.6 is 35.0 Å². The van der Waals surface area contributed by atoms with E-state index in [0.29, 0.717) is 21.5 Å². The second-order valence-corrected chi connectivity index (χ2v) is 5.76. The number of hydrogen-bond acceptors (Lipinski definition) is 4. The number of thioether (sulfide) groups is 1. The molecule has 0 aliphatic rings. The number of oxime groups is 1. The van der Waals surface area contributed by atoms with Crippen molar-refractivity contribution in [3.63, 3.8) is 0 Å². The van der Waals surface area contributed by atoms with Crippen LogP contribution in [0.3, 0.4) is 0 Å². The second kappa shape index (κ2) is 6.83. The highest BCUT2D eigenvalue weighted by Gasteiger charge is 2.04. The average Bonchev–Trinajstić information content (AvgIpc) is 2.48. The number of benzene rings is 1. The van der Waals surface area contributed by atoms with Crippen LogP contribution in [0.25, 0.3) is 0 Å². The molecular weight excluding hydrogens is 317 g/mol. The van der Waals surface area contributed by atoms with Crippen LogP contribution in [0.5, 0.6) is 0 Å². The van der Waals surface area contributed by atoms with Crippen LogP contribution in [0, 0.1) is 0 Å². The largest absolute Gasteiger partial charge is 0.409 e. The van der Waals surface area contributed by atoms with Crippen molar-refractivity contribution in [1.82, 2.24) is 4.98 Å². The highest BCUT2D eigenvalue weighted by Crippen LogP contribution is 2.29. The Morgan fingerprint density at radius 1 is 1.25 bits per heavy atom. The van der Waals surface area contributed by atoms with Gasteiger partial charge in [-0.2, -0.15) is 0 Å². The molecule has 0 bridgehead atoms. The van der Waals surface area contributed by atoms with Gasteiger partial charge in [-0.05, 0) is 35.9 Å². The van der Waals surface area contributed by atoms with Gasteiger partial charge in [0.15, 0.2) is 5.84 Å². The number of hydrogen-bond donors (Lipinski definition) is 2. The van der Waals surface area contributed by atoms with Gasteiger partial charge in [0.2, 0.25) is 0 Å². The Morgan fingerprint density at radius 3 is 2.75 bits per heavy atom. The van der Waals surface area contributed by atoms with E-state index in [1.165, 1.54) is 0 Å². The average molecular weight is 328 g/mol. The number of nitrogens with zero attached hydrogens (tertiary/aromatic N) is 2. The monoisotopic (exact) mass is 327 g/mol. The van der Waals surface area contributed by atoms with Crippen LogP contribution in [-0.2, 0) is 5.75 Å². The zero-order valence-electron chi connectivity index (χ0n) is 10.3. The normalized spacial score (nSPS) is 11.6. The summed E-state index contributed by atoms with van der Waals surface area (Å²) >= 11 is 13.4. The number of pyridine rings is 1. The maximum absolute atomic E-state index is 8.63. The summed E-state index contributed by atoms with van der Waals surface area (Å²) in [5.41, 5.74) is 6.96. The Bertz CT molecular complexity index is 649. The molecule has 0 aliphatic heterocycles. The Morgan fingerprint density at radius 2 is 2.05 bits per heavy atom. The zero-order valence-corrected chi connectivity index (χ0v) is 12.6. The van der Waals surface area contributed by atoms with Crippen molar-refractivity contribution in [1.29, 1.82) is 0 Å². The van der Waals surface area contributed by atoms with Crippen molar-refractivity contribution in [2.75, 3.05) is 0 Å². The second-order valence-electron chi connectivity index (χ2n) is 3.90. The molecule has 0 amide bonds. The van der Waals surface area contributed by atoms with Gasteiger partial charge in [-0.25, -0.2) is 0 Å². The van der Waals surface area contributed by atoms with Crippen molar-refractivity contribution in [3.05, 3.63) is 57.8 Å². The number of halogens is 2. The molecule has 1 aromatic carbocycles. The molecule has 0 saturated carbocycles. The molecule has 0 radical (unpaired) electrons. The molecule has 0 saturated heterocycles. The van der Waals surface area contributed by atoms with Gasteiger partial charge in [0.1, 0.15) is 5.69 Å². The summed E-state index contributed by atoms with van der Waals surface area (Å²) in [7, 11) is 0. The van der Waals surface area contributed by atoms with Gasteiger partial charge < -0.3 is 10.9 Å². The predicted molar refractivity (Wildman–Crippen MR) is 82.8 cm³/mol. The van der Waals surface area contributed by atoms with E-state index in [4.69, 9.17) is 34.1 Å². The molecule has 0 unspecified atom stereocenters. The predicted octanol–water partition coefficient (Wildman–Crippen LogP) is 3.78. The molecule has 2 aromatic rings. The Balaban J connectivity index is 2.09. The highest BCUT2D eigenvalue weighted by molar-refractivity contribution is 7.98. The smallest absolute Gasteiger partial charge is 0.188 e. The summed E-state index contributed by atoms with van der Waals surface area (Å²) in [5.74, 6) is 0.706. The highest BCUT2D eigenvalue weighted by atomic mass is 35.5. The molecular formula is C13H11Cl2N3OS. The van der Waals surface area contributed by atoms with Crippen molar-refractivity contribution in [3.8, 4) is 0 Å². The zero-order chi connectivity index (χ0) is 14.5. The quantitative estimate of drug-likeness (QED) is 0.295. The summed E-state index contributed by atoms with van der Waals surface area (Å²) in [6.45, 7) is 0. The van der Waals surface area contributed by atoms with E-state index in [-0.39, 0.29) is 5.84 Å². The molecule has 3 N–H and O–H groups in total. The van der Waals surface area contributed by atoms with E-state index in [1.807, 2.05) is 18.2 Å². The molecule has 2 rings (SSSR count). The standard InChI is InChI=1S/C13H11Cl2N3OS/c14-10-2-1-9(6-11(10)15)20-7-8-3-4-17-12(5-8)13(16)18-19/h1-6,19H,7H2,(H2,16,18). The van der Waals surface area contributed by atoms with Gasteiger partial charge in [-0.1, -0.05) is 28.4 Å². The van der Waals surface area contributed by atoms with Crippen molar-refractivity contribution < 1.29 is 5.21 Å². The van der Waals surface area contributed by atoms with Crippen LogP contribution in [0.15, 0.2) is 46.6 Å². The molecule has 0 spiro atoms. The van der Waals surface area contributed by atoms with Crippen molar-refractivity contribution in [2.45, 2.75) is 10.6 Å². The minimum Gasteiger partial charge on any atom is -0.409 e. The van der Waals surface area contributed by atoms with E-state index >= 15 is 0 Å². The number of amidine groups is 1. The molecule has 7 heteroatoms. The lowest BCUT2D eigenvalue weighted by Crippen LogP contribution is -2.15. The van der Waals surface area contributed by atoms with E-state index in [0.717, 1.165) is 10.5 Å². The fourth-order valence-electron chi connectivity index (χ4n) is 1.49. The van der Waals surface area contributed by atoms with Gasteiger partial charge in [-0.3, -0.25) is 4.98 Å². The van der Waals surface area contributed by atoms with Gasteiger partial charge in [0, 0.05) is 16.8 Å². The van der Waals surface area contributed by atoms with Crippen LogP contribution < -0.4 is 5.73 Å². The van der Waals surface area contributed by atoms with Crippen molar-refractivity contribution in [2.24, 2.45) is 10.9 Å². The third-order valence-corrected chi connectivity index (χ3v) is 4.30. The third-order valence-electron chi connectivity index (χ3n) is 2.49. The number of rotatable bonds is 4. The number of aromatic nitrogens is 1. The first kappa shape index (κ1) is 15.0. The SMILES string of the molecule is NC(=NO)c1cc(CSc2ccc(Cl)c(Cl)c2)ccn1. The first-order valence-corrected chi connectivity index (χ1v) is 7.35. The minimum atomic E-state index is -0.00797. The van der Waals surface area contributed by atoms with Crippen LogP contribution in [0.4, 0.5) is 0 Å². The number of nitrogens with two attached hydrogens (primary N) is 1. The maximum Gasteiger partial charge on any atom is 0.188 e. The third kappa shape index (κ3) is 3.79. The fraction of sp³-hybridized carbons (Fsp3) is 0.0769. The van der Waals surface area contributed by atoms with Crippen LogP contribution in [0.2, 0.25) is 10.0 Å². The van der Waals surface area contributed by atoms with Crippen molar-refractivity contribution >= 4 is 40.8 Å². The summed E-state index contributed by atoms with van der Waals surface area (Å²) in [6, 6.07) is 9.14. The van der Waals surface area contributed by atoms with Gasteiger partial charge in [0.05, 0.1) is 10.0 Å². The molecule has 0 fully saturated rings. The fourth-order valence-corrected chi connectivity index (χ4v) is 2.73. The first-order chi connectivity index (χ1) is 9.60.